The van der Waals surface area contributed by atoms with Gasteiger partial charge in [0.15, 0.2) is 0 Å². The Labute approximate surface area is 133 Å². The van der Waals surface area contributed by atoms with Gasteiger partial charge in [-0.15, -0.1) is 0 Å². The molecule has 114 valence electrons. The van der Waals surface area contributed by atoms with Crippen LogP contribution in [0.4, 0.5) is 16.2 Å². The molecule has 0 aliphatic carbocycles. The summed E-state index contributed by atoms with van der Waals surface area (Å²) in [5.41, 5.74) is 2.51. The number of amides is 2. The van der Waals surface area contributed by atoms with Crippen molar-refractivity contribution in [3.05, 3.63) is 58.6 Å². The van der Waals surface area contributed by atoms with Crippen molar-refractivity contribution in [2.75, 3.05) is 17.7 Å². The Morgan fingerprint density at radius 2 is 1.59 bits per heavy atom. The number of hydrogen-bond donors (Lipinski definition) is 2. The first-order valence-corrected chi connectivity index (χ1v) is 6.90. The molecule has 0 aliphatic rings. The van der Waals surface area contributed by atoms with Crippen LogP contribution in [0.1, 0.15) is 15.9 Å². The van der Waals surface area contributed by atoms with E-state index in [1.165, 1.54) is 7.11 Å². The van der Waals surface area contributed by atoms with E-state index < -0.39 is 12.0 Å². The third-order valence-corrected chi connectivity index (χ3v) is 3.40. The number of aryl methyl sites for hydroxylation is 1. The Kier molecular flexibility index (Phi) is 5.01. The number of esters is 1. The van der Waals surface area contributed by atoms with Crippen molar-refractivity contribution in [1.29, 1.82) is 0 Å². The van der Waals surface area contributed by atoms with Crippen molar-refractivity contribution < 1.29 is 14.3 Å². The van der Waals surface area contributed by atoms with Crippen LogP contribution in [0, 0.1) is 6.92 Å². The van der Waals surface area contributed by atoms with Gasteiger partial charge in [-0.2, -0.15) is 0 Å². The molecule has 6 heteroatoms. The Balaban J connectivity index is 1.99. The lowest BCUT2D eigenvalue weighted by Crippen LogP contribution is -2.19. The number of nitrogens with one attached hydrogen (secondary N) is 2. The van der Waals surface area contributed by atoms with Crippen molar-refractivity contribution in [2.24, 2.45) is 0 Å². The van der Waals surface area contributed by atoms with Crippen molar-refractivity contribution >= 4 is 35.0 Å². The van der Waals surface area contributed by atoms with Crippen LogP contribution in [0.15, 0.2) is 42.5 Å². The Bertz CT molecular complexity index is 699. The molecule has 0 aliphatic heterocycles. The number of urea groups is 1. The van der Waals surface area contributed by atoms with Gasteiger partial charge in [0.2, 0.25) is 0 Å². The smallest absolute Gasteiger partial charge is 0.337 e. The SMILES string of the molecule is COC(=O)c1ccc(NC(=O)Nc2ccc(C)c(Cl)c2)cc1. The molecule has 0 heterocycles. The van der Waals surface area contributed by atoms with Gasteiger partial charge in [0, 0.05) is 16.4 Å². The van der Waals surface area contributed by atoms with Crippen molar-refractivity contribution in [3.63, 3.8) is 0 Å². The molecule has 0 saturated heterocycles. The van der Waals surface area contributed by atoms with E-state index in [1.807, 2.05) is 13.0 Å². The lowest BCUT2D eigenvalue weighted by Gasteiger charge is -2.09. The summed E-state index contributed by atoms with van der Waals surface area (Å²) >= 11 is 6.00. The van der Waals surface area contributed by atoms with E-state index in [0.717, 1.165) is 5.56 Å². The second kappa shape index (κ2) is 6.95. The van der Waals surface area contributed by atoms with Gasteiger partial charge in [-0.3, -0.25) is 0 Å². The molecule has 0 aromatic heterocycles. The maximum atomic E-state index is 11.9. The maximum Gasteiger partial charge on any atom is 0.337 e. The molecule has 0 spiro atoms. The van der Waals surface area contributed by atoms with E-state index in [2.05, 4.69) is 15.4 Å². The molecular formula is C16H15ClN2O3. The molecule has 0 bridgehead atoms. The van der Waals surface area contributed by atoms with Gasteiger partial charge in [0.05, 0.1) is 12.7 Å². The predicted octanol–water partition coefficient (Wildman–Crippen LogP) is 4.08. The van der Waals surface area contributed by atoms with Gasteiger partial charge >= 0.3 is 12.0 Å². The summed E-state index contributed by atoms with van der Waals surface area (Å²) in [6, 6.07) is 11.3. The van der Waals surface area contributed by atoms with Crippen LogP contribution in [-0.2, 0) is 4.74 Å². The van der Waals surface area contributed by atoms with E-state index in [1.54, 1.807) is 36.4 Å². The first-order chi connectivity index (χ1) is 10.5. The third-order valence-electron chi connectivity index (χ3n) is 2.99. The van der Waals surface area contributed by atoms with E-state index in [-0.39, 0.29) is 0 Å². The van der Waals surface area contributed by atoms with E-state index in [0.29, 0.717) is 22.0 Å². The Morgan fingerprint density at radius 3 is 2.18 bits per heavy atom. The number of ether oxygens (including phenoxy) is 1. The predicted molar refractivity (Wildman–Crippen MR) is 86.6 cm³/mol. The van der Waals surface area contributed by atoms with Gasteiger partial charge in [-0.05, 0) is 48.9 Å². The average Bonchev–Trinajstić information content (AvgIpc) is 2.51. The number of hydrogen-bond acceptors (Lipinski definition) is 3. The molecule has 2 N–H and O–H groups in total. The molecule has 2 aromatic rings. The fourth-order valence-corrected chi connectivity index (χ4v) is 1.95. The number of carbonyl (C=O) groups is 2. The van der Waals surface area contributed by atoms with E-state index >= 15 is 0 Å². The third kappa shape index (κ3) is 3.99. The number of benzene rings is 2. The second-order valence-corrected chi connectivity index (χ2v) is 5.02. The van der Waals surface area contributed by atoms with Crippen molar-refractivity contribution in [1.82, 2.24) is 0 Å². The standard InChI is InChI=1S/C16H15ClN2O3/c1-10-3-6-13(9-14(10)17)19-16(21)18-12-7-4-11(5-8-12)15(20)22-2/h3-9H,1-2H3,(H2,18,19,21). The number of halogens is 1. The van der Waals surface area contributed by atoms with Crippen LogP contribution in [0.5, 0.6) is 0 Å². The zero-order valence-electron chi connectivity index (χ0n) is 12.1. The summed E-state index contributed by atoms with van der Waals surface area (Å²) in [6.07, 6.45) is 0. The summed E-state index contributed by atoms with van der Waals surface area (Å²) in [5, 5.41) is 5.93. The highest BCUT2D eigenvalue weighted by atomic mass is 35.5. The number of carbonyl (C=O) groups excluding carboxylic acids is 2. The molecule has 0 radical (unpaired) electrons. The molecule has 0 fully saturated rings. The van der Waals surface area contributed by atoms with Gasteiger partial charge < -0.3 is 15.4 Å². The highest BCUT2D eigenvalue weighted by molar-refractivity contribution is 6.31. The molecule has 5 nitrogen and oxygen atoms in total. The lowest BCUT2D eigenvalue weighted by molar-refractivity contribution is 0.0601. The van der Waals surface area contributed by atoms with Crippen LogP contribution in [0.2, 0.25) is 5.02 Å². The summed E-state index contributed by atoms with van der Waals surface area (Å²) in [5.74, 6) is -0.426. The zero-order chi connectivity index (χ0) is 16.1. The summed E-state index contributed by atoms with van der Waals surface area (Å²) in [7, 11) is 1.31. The van der Waals surface area contributed by atoms with Gasteiger partial charge in [0.1, 0.15) is 0 Å². The molecule has 0 saturated carbocycles. The molecule has 2 amide bonds. The number of anilines is 2. The zero-order valence-corrected chi connectivity index (χ0v) is 12.9. The fourth-order valence-electron chi connectivity index (χ4n) is 1.77. The molecular weight excluding hydrogens is 304 g/mol. The Hall–Kier alpha value is -2.53. The summed E-state index contributed by atoms with van der Waals surface area (Å²) in [6.45, 7) is 1.88. The van der Waals surface area contributed by atoms with Gasteiger partial charge in [0.25, 0.3) is 0 Å². The number of rotatable bonds is 3. The highest BCUT2D eigenvalue weighted by Crippen LogP contribution is 2.20. The molecule has 2 rings (SSSR count). The fraction of sp³-hybridized carbons (Fsp3) is 0.125. The lowest BCUT2D eigenvalue weighted by atomic mass is 10.2. The van der Waals surface area contributed by atoms with Crippen LogP contribution in [0.3, 0.4) is 0 Å². The van der Waals surface area contributed by atoms with Crippen molar-refractivity contribution in [3.8, 4) is 0 Å². The van der Waals surface area contributed by atoms with Crippen LogP contribution in [0.25, 0.3) is 0 Å². The van der Waals surface area contributed by atoms with E-state index in [4.69, 9.17) is 11.6 Å². The normalized spacial score (nSPS) is 9.95. The first-order valence-electron chi connectivity index (χ1n) is 6.52. The van der Waals surface area contributed by atoms with Gasteiger partial charge in [-0.1, -0.05) is 17.7 Å². The quantitative estimate of drug-likeness (QED) is 0.838. The number of methoxy groups -OCH3 is 1. The maximum absolute atomic E-state index is 11.9. The topological polar surface area (TPSA) is 67.4 Å². The minimum Gasteiger partial charge on any atom is -0.465 e. The highest BCUT2D eigenvalue weighted by Gasteiger charge is 2.07. The summed E-state index contributed by atoms with van der Waals surface area (Å²) in [4.78, 5) is 23.2. The Morgan fingerprint density at radius 1 is 1.00 bits per heavy atom. The molecule has 22 heavy (non-hydrogen) atoms. The summed E-state index contributed by atoms with van der Waals surface area (Å²) < 4.78 is 4.61. The second-order valence-electron chi connectivity index (χ2n) is 4.61. The van der Waals surface area contributed by atoms with Crippen molar-refractivity contribution in [2.45, 2.75) is 6.92 Å². The first kappa shape index (κ1) is 15.9. The minimum atomic E-state index is -0.426. The van der Waals surface area contributed by atoms with E-state index in [9.17, 15) is 9.59 Å². The minimum absolute atomic E-state index is 0.397. The largest absolute Gasteiger partial charge is 0.465 e. The van der Waals surface area contributed by atoms with Crippen LogP contribution >= 0.6 is 11.6 Å². The van der Waals surface area contributed by atoms with Crippen LogP contribution < -0.4 is 10.6 Å². The molecule has 0 atom stereocenters. The van der Waals surface area contributed by atoms with Crippen LogP contribution in [-0.4, -0.2) is 19.1 Å². The van der Waals surface area contributed by atoms with Gasteiger partial charge in [-0.25, -0.2) is 9.59 Å². The monoisotopic (exact) mass is 318 g/mol. The molecule has 2 aromatic carbocycles. The average molecular weight is 319 g/mol. The molecule has 0 unspecified atom stereocenters.